The summed E-state index contributed by atoms with van der Waals surface area (Å²) < 4.78 is 1.08. The molecule has 1 N–H and O–H groups in total. The molecule has 17 heavy (non-hydrogen) atoms. The normalized spacial score (nSPS) is 9.71. The molecule has 0 atom stereocenters. The fourth-order valence-electron chi connectivity index (χ4n) is 1.28. The average Bonchev–Trinajstić information content (AvgIpc) is 2.34. The van der Waals surface area contributed by atoms with Crippen LogP contribution in [-0.4, -0.2) is 4.98 Å². The van der Waals surface area contributed by atoms with Gasteiger partial charge in [0.05, 0.1) is 22.6 Å². The van der Waals surface area contributed by atoms with Crippen LogP contribution in [-0.2, 0) is 0 Å². The van der Waals surface area contributed by atoms with Crippen LogP contribution in [0.25, 0.3) is 0 Å². The SMILES string of the molecule is N#Cc1ccc(Nc2ccc(I)cc2Cl)cn1. The van der Waals surface area contributed by atoms with E-state index in [9.17, 15) is 0 Å². The number of hydrogen-bond acceptors (Lipinski definition) is 3. The minimum absolute atomic E-state index is 0.393. The summed E-state index contributed by atoms with van der Waals surface area (Å²) in [5.41, 5.74) is 2.01. The van der Waals surface area contributed by atoms with Crippen molar-refractivity contribution in [2.45, 2.75) is 0 Å². The van der Waals surface area contributed by atoms with E-state index in [2.05, 4.69) is 32.9 Å². The Morgan fingerprint density at radius 1 is 1.29 bits per heavy atom. The van der Waals surface area contributed by atoms with Gasteiger partial charge in [0.15, 0.2) is 0 Å². The zero-order chi connectivity index (χ0) is 12.3. The van der Waals surface area contributed by atoms with Crippen molar-refractivity contribution < 1.29 is 0 Å². The van der Waals surface area contributed by atoms with Crippen molar-refractivity contribution in [1.29, 1.82) is 5.26 Å². The molecule has 2 aromatic rings. The second kappa shape index (κ2) is 5.34. The molecular weight excluding hydrogens is 349 g/mol. The first-order valence-electron chi connectivity index (χ1n) is 4.77. The summed E-state index contributed by atoms with van der Waals surface area (Å²) in [7, 11) is 0. The maximum atomic E-state index is 8.64. The first-order valence-corrected chi connectivity index (χ1v) is 6.23. The zero-order valence-corrected chi connectivity index (χ0v) is 11.5. The van der Waals surface area contributed by atoms with E-state index in [1.54, 1.807) is 18.3 Å². The maximum absolute atomic E-state index is 8.64. The lowest BCUT2D eigenvalue weighted by Gasteiger charge is -2.08. The molecule has 3 nitrogen and oxygen atoms in total. The zero-order valence-electron chi connectivity index (χ0n) is 8.61. The van der Waals surface area contributed by atoms with Crippen LogP contribution < -0.4 is 5.32 Å². The van der Waals surface area contributed by atoms with Gasteiger partial charge >= 0.3 is 0 Å². The Morgan fingerprint density at radius 3 is 2.71 bits per heavy atom. The highest BCUT2D eigenvalue weighted by Crippen LogP contribution is 2.26. The largest absolute Gasteiger partial charge is 0.353 e. The van der Waals surface area contributed by atoms with Crippen molar-refractivity contribution in [1.82, 2.24) is 4.98 Å². The second-order valence-corrected chi connectivity index (χ2v) is 4.95. The predicted molar refractivity (Wildman–Crippen MR) is 76.4 cm³/mol. The van der Waals surface area contributed by atoms with Crippen LogP contribution in [0.15, 0.2) is 36.5 Å². The third-order valence-corrected chi connectivity index (χ3v) is 3.07. The second-order valence-electron chi connectivity index (χ2n) is 3.29. The number of benzene rings is 1. The summed E-state index contributed by atoms with van der Waals surface area (Å²) >= 11 is 8.30. The van der Waals surface area contributed by atoms with Crippen molar-refractivity contribution in [2.75, 3.05) is 5.32 Å². The van der Waals surface area contributed by atoms with E-state index in [0.29, 0.717) is 10.7 Å². The van der Waals surface area contributed by atoms with Crippen LogP contribution in [0.2, 0.25) is 5.02 Å². The van der Waals surface area contributed by atoms with E-state index in [0.717, 1.165) is 14.9 Å². The smallest absolute Gasteiger partial charge is 0.140 e. The highest BCUT2D eigenvalue weighted by molar-refractivity contribution is 14.1. The van der Waals surface area contributed by atoms with Gasteiger partial charge in [0, 0.05) is 3.57 Å². The monoisotopic (exact) mass is 355 g/mol. The number of anilines is 2. The van der Waals surface area contributed by atoms with Crippen LogP contribution in [0, 0.1) is 14.9 Å². The first-order chi connectivity index (χ1) is 8.19. The van der Waals surface area contributed by atoms with Gasteiger partial charge in [0.1, 0.15) is 11.8 Å². The van der Waals surface area contributed by atoms with Crippen LogP contribution >= 0.6 is 34.2 Å². The van der Waals surface area contributed by atoms with Gasteiger partial charge in [-0.3, -0.25) is 0 Å². The average molecular weight is 356 g/mol. The summed E-state index contributed by atoms with van der Waals surface area (Å²) in [5, 5.41) is 12.4. The highest BCUT2D eigenvalue weighted by Gasteiger charge is 2.01. The van der Waals surface area contributed by atoms with Crippen molar-refractivity contribution in [2.24, 2.45) is 0 Å². The topological polar surface area (TPSA) is 48.7 Å². The van der Waals surface area contributed by atoms with Crippen molar-refractivity contribution in [3.05, 3.63) is 50.8 Å². The Morgan fingerprint density at radius 2 is 2.12 bits per heavy atom. The van der Waals surface area contributed by atoms with Gasteiger partial charge in [-0.15, -0.1) is 0 Å². The van der Waals surface area contributed by atoms with Gasteiger partial charge in [-0.05, 0) is 52.9 Å². The number of rotatable bonds is 2. The lowest BCUT2D eigenvalue weighted by molar-refractivity contribution is 1.26. The van der Waals surface area contributed by atoms with Crippen molar-refractivity contribution in [3.8, 4) is 6.07 Å². The molecule has 0 bridgehead atoms. The molecule has 0 amide bonds. The Hall–Kier alpha value is -1.32. The summed E-state index contributed by atoms with van der Waals surface area (Å²) in [6.45, 7) is 0. The Balaban J connectivity index is 2.23. The first kappa shape index (κ1) is 12.1. The fraction of sp³-hybridized carbons (Fsp3) is 0. The predicted octanol–water partition coefficient (Wildman–Crippen LogP) is 3.95. The molecule has 1 aromatic carbocycles. The van der Waals surface area contributed by atoms with Gasteiger partial charge in [-0.1, -0.05) is 11.6 Å². The molecule has 84 valence electrons. The highest BCUT2D eigenvalue weighted by atomic mass is 127. The summed E-state index contributed by atoms with van der Waals surface area (Å²) in [4.78, 5) is 3.97. The third kappa shape index (κ3) is 3.08. The van der Waals surface area contributed by atoms with E-state index in [1.807, 2.05) is 24.3 Å². The van der Waals surface area contributed by atoms with E-state index < -0.39 is 0 Å². The lowest BCUT2D eigenvalue weighted by Crippen LogP contribution is -1.93. The molecule has 0 unspecified atom stereocenters. The van der Waals surface area contributed by atoms with Gasteiger partial charge in [0.25, 0.3) is 0 Å². The van der Waals surface area contributed by atoms with Gasteiger partial charge in [-0.25, -0.2) is 4.98 Å². The standard InChI is InChI=1S/C12H7ClIN3/c13-11-5-8(14)1-4-12(11)17-10-3-2-9(6-15)16-7-10/h1-5,7,17H. The van der Waals surface area contributed by atoms with Crippen LogP contribution in [0.5, 0.6) is 0 Å². The van der Waals surface area contributed by atoms with E-state index in [4.69, 9.17) is 16.9 Å². The van der Waals surface area contributed by atoms with E-state index in [1.165, 1.54) is 0 Å². The van der Waals surface area contributed by atoms with Gasteiger partial charge in [0.2, 0.25) is 0 Å². The lowest BCUT2D eigenvalue weighted by atomic mass is 10.3. The molecule has 1 heterocycles. The molecule has 1 aromatic heterocycles. The minimum Gasteiger partial charge on any atom is -0.353 e. The van der Waals surface area contributed by atoms with Crippen molar-refractivity contribution >= 4 is 45.6 Å². The number of pyridine rings is 1. The summed E-state index contributed by atoms with van der Waals surface area (Å²) in [5.74, 6) is 0. The van der Waals surface area contributed by atoms with Crippen LogP contribution in [0.4, 0.5) is 11.4 Å². The molecule has 0 aliphatic carbocycles. The number of aromatic nitrogens is 1. The number of halogens is 2. The van der Waals surface area contributed by atoms with E-state index in [-0.39, 0.29) is 0 Å². The molecule has 0 fully saturated rings. The number of hydrogen-bond donors (Lipinski definition) is 1. The maximum Gasteiger partial charge on any atom is 0.140 e. The molecule has 0 radical (unpaired) electrons. The quantitative estimate of drug-likeness (QED) is 0.830. The summed E-state index contributed by atoms with van der Waals surface area (Å²) in [6.07, 6.45) is 1.60. The molecule has 2 rings (SSSR count). The number of nitrogens with one attached hydrogen (secondary N) is 1. The molecule has 0 aliphatic heterocycles. The molecule has 0 saturated carbocycles. The van der Waals surface area contributed by atoms with E-state index >= 15 is 0 Å². The van der Waals surface area contributed by atoms with Crippen LogP contribution in [0.3, 0.4) is 0 Å². The van der Waals surface area contributed by atoms with Crippen molar-refractivity contribution in [3.63, 3.8) is 0 Å². The molecular formula is C12H7ClIN3. The number of nitrogens with zero attached hydrogens (tertiary/aromatic N) is 2. The fourth-order valence-corrected chi connectivity index (χ4v) is 2.18. The third-order valence-electron chi connectivity index (χ3n) is 2.09. The number of nitriles is 1. The van der Waals surface area contributed by atoms with Gasteiger partial charge < -0.3 is 5.32 Å². The molecule has 0 saturated heterocycles. The Bertz CT molecular complexity index is 575. The molecule has 5 heteroatoms. The molecule has 0 aliphatic rings. The minimum atomic E-state index is 0.393. The van der Waals surface area contributed by atoms with Crippen LogP contribution in [0.1, 0.15) is 5.69 Å². The Kier molecular flexibility index (Phi) is 3.82. The molecule has 0 spiro atoms. The Labute approximate surface area is 118 Å². The van der Waals surface area contributed by atoms with Gasteiger partial charge in [-0.2, -0.15) is 5.26 Å². The summed E-state index contributed by atoms with van der Waals surface area (Å²) in [6, 6.07) is 11.2.